The molecule has 21 heavy (non-hydrogen) atoms. The summed E-state index contributed by atoms with van der Waals surface area (Å²) >= 11 is 0. The Bertz CT molecular complexity index is 462. The number of aliphatic hydroxyl groups is 1. The molecule has 0 fully saturated rings. The second-order valence-corrected chi connectivity index (χ2v) is 4.47. The third kappa shape index (κ3) is 4.39. The first-order valence-corrected chi connectivity index (χ1v) is 7.40. The van der Waals surface area contributed by atoms with E-state index in [1.165, 1.54) is 0 Å². The first-order chi connectivity index (χ1) is 10.1. The lowest BCUT2D eigenvalue weighted by Crippen LogP contribution is -2.40. The van der Waals surface area contributed by atoms with Gasteiger partial charge >= 0.3 is 0 Å². The molecule has 0 atom stereocenters. The van der Waals surface area contributed by atoms with Gasteiger partial charge in [0.05, 0.1) is 12.0 Å². The number of aliphatic hydroxyl groups excluding tert-OH is 1. The molecule has 0 aromatic heterocycles. The highest BCUT2D eigenvalue weighted by atomic mass is 16.5. The standard InChI is InChI=1S/C14H16O3.C2H6.CH4O/c1-3-14(4-2)8-12(16)11-7-10(9-15)5-6-13(11)17-14;2*1-2/h5-7,9H,3-4,8H2,1-2H3;1-2H3;2H,1H3. The van der Waals surface area contributed by atoms with E-state index >= 15 is 0 Å². The summed E-state index contributed by atoms with van der Waals surface area (Å²) in [6, 6.07) is 5.01. The number of carbonyl (C=O) groups excluding carboxylic acids is 2. The lowest BCUT2D eigenvalue weighted by atomic mass is 9.85. The van der Waals surface area contributed by atoms with E-state index in [2.05, 4.69) is 0 Å². The monoisotopic (exact) mass is 294 g/mol. The van der Waals surface area contributed by atoms with E-state index in [4.69, 9.17) is 9.84 Å². The van der Waals surface area contributed by atoms with Gasteiger partial charge in [-0.15, -0.1) is 0 Å². The van der Waals surface area contributed by atoms with Gasteiger partial charge < -0.3 is 9.84 Å². The van der Waals surface area contributed by atoms with Gasteiger partial charge in [-0.25, -0.2) is 0 Å². The SMILES string of the molecule is CC.CCC1(CC)CC(=O)c2cc(C=O)ccc2O1.CO. The van der Waals surface area contributed by atoms with E-state index in [0.29, 0.717) is 23.3 Å². The Kier molecular flexibility index (Phi) is 8.55. The Morgan fingerprint density at radius 2 is 1.81 bits per heavy atom. The van der Waals surface area contributed by atoms with Gasteiger partial charge in [-0.05, 0) is 31.0 Å². The summed E-state index contributed by atoms with van der Waals surface area (Å²) in [4.78, 5) is 22.8. The second-order valence-electron chi connectivity index (χ2n) is 4.47. The number of hydrogen-bond donors (Lipinski definition) is 1. The quantitative estimate of drug-likeness (QED) is 0.864. The average Bonchev–Trinajstić information content (AvgIpc) is 2.58. The summed E-state index contributed by atoms with van der Waals surface area (Å²) in [6.07, 6.45) is 2.76. The molecule has 0 radical (unpaired) electrons. The van der Waals surface area contributed by atoms with Crippen LogP contribution in [0.1, 0.15) is 67.7 Å². The van der Waals surface area contributed by atoms with Crippen molar-refractivity contribution in [2.24, 2.45) is 0 Å². The number of benzene rings is 1. The zero-order valence-electron chi connectivity index (χ0n) is 13.6. The number of aldehydes is 1. The van der Waals surface area contributed by atoms with Gasteiger partial charge in [0.25, 0.3) is 0 Å². The third-order valence-electron chi connectivity index (χ3n) is 3.54. The van der Waals surface area contributed by atoms with Crippen molar-refractivity contribution in [1.82, 2.24) is 0 Å². The number of rotatable bonds is 3. The number of fused-ring (bicyclic) bond motifs is 1. The van der Waals surface area contributed by atoms with Crippen LogP contribution in [0.15, 0.2) is 18.2 Å². The van der Waals surface area contributed by atoms with E-state index in [1.54, 1.807) is 18.2 Å². The highest BCUT2D eigenvalue weighted by Gasteiger charge is 2.37. The van der Waals surface area contributed by atoms with Crippen LogP contribution in [0.2, 0.25) is 0 Å². The van der Waals surface area contributed by atoms with Gasteiger partial charge in [0.2, 0.25) is 0 Å². The minimum Gasteiger partial charge on any atom is -0.486 e. The van der Waals surface area contributed by atoms with Crippen molar-refractivity contribution >= 4 is 12.1 Å². The maximum atomic E-state index is 12.1. The van der Waals surface area contributed by atoms with Crippen molar-refractivity contribution in [2.75, 3.05) is 7.11 Å². The van der Waals surface area contributed by atoms with Crippen LogP contribution in [0.25, 0.3) is 0 Å². The van der Waals surface area contributed by atoms with Gasteiger partial charge in [-0.1, -0.05) is 27.7 Å². The van der Waals surface area contributed by atoms with Gasteiger partial charge in [-0.2, -0.15) is 0 Å². The maximum Gasteiger partial charge on any atom is 0.170 e. The van der Waals surface area contributed by atoms with Crippen LogP contribution in [0, 0.1) is 0 Å². The molecule has 1 heterocycles. The first-order valence-electron chi connectivity index (χ1n) is 7.40. The number of ketones is 1. The molecule has 1 N–H and O–H groups in total. The van der Waals surface area contributed by atoms with Gasteiger partial charge in [0, 0.05) is 12.7 Å². The van der Waals surface area contributed by atoms with Gasteiger partial charge in [0.15, 0.2) is 5.78 Å². The Morgan fingerprint density at radius 3 is 2.29 bits per heavy atom. The molecule has 0 spiro atoms. The zero-order valence-corrected chi connectivity index (χ0v) is 13.6. The van der Waals surface area contributed by atoms with Crippen molar-refractivity contribution in [3.63, 3.8) is 0 Å². The van der Waals surface area contributed by atoms with Gasteiger partial charge in [-0.3, -0.25) is 9.59 Å². The summed E-state index contributed by atoms with van der Waals surface area (Å²) in [5.41, 5.74) is 0.681. The Hall–Kier alpha value is -1.68. The second kappa shape index (κ2) is 9.29. The fraction of sp³-hybridized carbons (Fsp3) is 0.529. The molecule has 0 bridgehead atoms. The molecule has 1 aromatic rings. The van der Waals surface area contributed by atoms with Crippen LogP contribution in [-0.4, -0.2) is 29.9 Å². The lowest BCUT2D eigenvalue weighted by molar-refractivity contribution is 0.0350. The van der Waals surface area contributed by atoms with Crippen molar-refractivity contribution in [2.45, 2.75) is 52.6 Å². The van der Waals surface area contributed by atoms with E-state index in [0.717, 1.165) is 26.2 Å². The summed E-state index contributed by atoms with van der Waals surface area (Å²) in [7, 11) is 1.00. The molecule has 2 rings (SSSR count). The molecule has 118 valence electrons. The highest BCUT2D eigenvalue weighted by Crippen LogP contribution is 2.37. The molecule has 1 aromatic carbocycles. The topological polar surface area (TPSA) is 63.6 Å². The summed E-state index contributed by atoms with van der Waals surface area (Å²) in [6.45, 7) is 8.06. The van der Waals surface area contributed by atoms with Crippen LogP contribution >= 0.6 is 0 Å². The normalized spacial score (nSPS) is 14.5. The number of Topliss-reactive ketones (excluding diaryl/α,β-unsaturated/α-hetero) is 1. The molecule has 4 heteroatoms. The van der Waals surface area contributed by atoms with E-state index in [9.17, 15) is 9.59 Å². The molecule has 1 aliphatic heterocycles. The number of carbonyl (C=O) groups is 2. The lowest BCUT2D eigenvalue weighted by Gasteiger charge is -2.36. The highest BCUT2D eigenvalue weighted by molar-refractivity contribution is 6.01. The van der Waals surface area contributed by atoms with Crippen LogP contribution in [-0.2, 0) is 0 Å². The van der Waals surface area contributed by atoms with E-state index in [-0.39, 0.29) is 11.4 Å². The largest absolute Gasteiger partial charge is 0.486 e. The molecular formula is C17H26O4. The molecule has 0 amide bonds. The predicted molar refractivity (Wildman–Crippen MR) is 84.2 cm³/mol. The Labute approximate surface area is 127 Å². The Balaban J connectivity index is 0.000000921. The van der Waals surface area contributed by atoms with Crippen molar-refractivity contribution < 1.29 is 19.4 Å². The predicted octanol–water partition coefficient (Wildman–Crippen LogP) is 3.66. The minimum absolute atomic E-state index is 0.0682. The fourth-order valence-corrected chi connectivity index (χ4v) is 2.23. The summed E-state index contributed by atoms with van der Waals surface area (Å²) < 4.78 is 5.95. The molecule has 0 aliphatic carbocycles. The average molecular weight is 294 g/mol. The van der Waals surface area contributed by atoms with Crippen LogP contribution in [0.3, 0.4) is 0 Å². The summed E-state index contributed by atoms with van der Waals surface area (Å²) in [5.74, 6) is 0.675. The summed E-state index contributed by atoms with van der Waals surface area (Å²) in [5, 5.41) is 7.00. The van der Waals surface area contributed by atoms with Gasteiger partial charge in [0.1, 0.15) is 17.6 Å². The van der Waals surface area contributed by atoms with Crippen molar-refractivity contribution in [1.29, 1.82) is 0 Å². The smallest absolute Gasteiger partial charge is 0.170 e. The molecule has 0 saturated heterocycles. The van der Waals surface area contributed by atoms with E-state index in [1.807, 2.05) is 27.7 Å². The van der Waals surface area contributed by atoms with E-state index < -0.39 is 0 Å². The van der Waals surface area contributed by atoms with Crippen LogP contribution in [0.5, 0.6) is 5.75 Å². The molecule has 4 nitrogen and oxygen atoms in total. The minimum atomic E-state index is -0.368. The number of ether oxygens (including phenoxy) is 1. The molecule has 0 unspecified atom stereocenters. The third-order valence-corrected chi connectivity index (χ3v) is 3.54. The van der Waals surface area contributed by atoms with Crippen LogP contribution < -0.4 is 4.74 Å². The fourth-order valence-electron chi connectivity index (χ4n) is 2.23. The van der Waals surface area contributed by atoms with Crippen LogP contribution in [0.4, 0.5) is 0 Å². The zero-order chi connectivity index (χ0) is 16.5. The Morgan fingerprint density at radius 1 is 1.24 bits per heavy atom. The first kappa shape index (κ1) is 19.3. The molecule has 1 aliphatic rings. The number of hydrogen-bond acceptors (Lipinski definition) is 4. The van der Waals surface area contributed by atoms with Crippen molar-refractivity contribution in [3.8, 4) is 5.75 Å². The molecule has 0 saturated carbocycles. The molecular weight excluding hydrogens is 268 g/mol. The van der Waals surface area contributed by atoms with Crippen molar-refractivity contribution in [3.05, 3.63) is 29.3 Å². The maximum absolute atomic E-state index is 12.1.